The third-order valence-electron chi connectivity index (χ3n) is 3.81. The largest absolute Gasteiger partial charge is 0.466 e. The Kier molecular flexibility index (Phi) is 5.11. The molecular weight excluding hydrogens is 460 g/mol. The van der Waals surface area contributed by atoms with E-state index >= 15 is 0 Å². The average molecular weight is 474 g/mol. The number of carbonyl (C=O) groups is 2. The molecule has 10 heteroatoms. The summed E-state index contributed by atoms with van der Waals surface area (Å²) in [5, 5.41) is 12.1. The highest BCUT2D eigenvalue weighted by Crippen LogP contribution is 2.38. The quantitative estimate of drug-likeness (QED) is 0.571. The molecule has 1 aromatic carbocycles. The van der Waals surface area contributed by atoms with E-state index in [1.807, 2.05) is 6.07 Å². The van der Waals surface area contributed by atoms with Gasteiger partial charge in [-0.05, 0) is 37.9 Å². The number of carbonyl (C=O) groups excluding carboxylic acids is 2. The van der Waals surface area contributed by atoms with E-state index in [2.05, 4.69) is 47.1 Å². The molecule has 2 heterocycles. The molecule has 3 rings (SSSR count). The molecule has 25 heavy (non-hydrogen) atoms. The van der Waals surface area contributed by atoms with Crippen LogP contribution in [0.2, 0.25) is 0 Å². The van der Waals surface area contributed by atoms with Gasteiger partial charge in [0.15, 0.2) is 0 Å². The van der Waals surface area contributed by atoms with E-state index in [-0.39, 0.29) is 36.9 Å². The summed E-state index contributed by atoms with van der Waals surface area (Å²) in [6, 6.07) is 1.82. The number of benzene rings is 1. The minimum absolute atomic E-state index is 0.0777. The molecule has 8 nitrogen and oxygen atoms in total. The Bertz CT molecular complexity index is 893. The first-order valence-corrected chi connectivity index (χ1v) is 8.86. The lowest BCUT2D eigenvalue weighted by molar-refractivity contribution is -0.136. The highest BCUT2D eigenvalue weighted by molar-refractivity contribution is 9.11. The van der Waals surface area contributed by atoms with Gasteiger partial charge < -0.3 is 25.0 Å². The van der Waals surface area contributed by atoms with E-state index < -0.39 is 5.97 Å². The lowest BCUT2D eigenvalue weighted by atomic mass is 10.2. The number of imidazole rings is 1. The number of aliphatic hydroxyl groups is 1. The first-order chi connectivity index (χ1) is 12.0. The van der Waals surface area contributed by atoms with Crippen molar-refractivity contribution in [1.29, 1.82) is 0 Å². The van der Waals surface area contributed by atoms with E-state index in [4.69, 9.17) is 9.84 Å². The molecule has 0 spiro atoms. The van der Waals surface area contributed by atoms with Gasteiger partial charge in [0.2, 0.25) is 0 Å². The van der Waals surface area contributed by atoms with Gasteiger partial charge in [-0.3, -0.25) is 4.79 Å². The van der Waals surface area contributed by atoms with Crippen LogP contribution in [0, 0.1) is 0 Å². The SMILES string of the molecule is COC(=O)C1=C(Nc2c(Br)cc3[nH]cnc3c2Br)C(=O)N(CCO)C1. The summed E-state index contributed by atoms with van der Waals surface area (Å²) in [5.74, 6) is -0.972. The number of anilines is 1. The molecule has 0 atom stereocenters. The molecule has 3 N–H and O–H groups in total. The van der Waals surface area contributed by atoms with Crippen molar-refractivity contribution in [2.75, 3.05) is 32.1 Å². The van der Waals surface area contributed by atoms with Crippen LogP contribution in [0.4, 0.5) is 5.69 Å². The molecule has 0 unspecified atom stereocenters. The number of halogens is 2. The molecule has 2 aromatic rings. The molecule has 0 radical (unpaired) electrons. The van der Waals surface area contributed by atoms with Gasteiger partial charge in [0.05, 0.1) is 47.8 Å². The standard InChI is InChI=1S/C15H14Br2N4O4/c1-25-15(24)7-5-21(2-3-22)14(23)11(7)20-12-8(16)4-9-13(10(12)17)19-6-18-9/h4,6,20,22H,2-3,5H2,1H3,(H,18,19). The number of nitrogens with zero attached hydrogens (tertiary/aromatic N) is 2. The smallest absolute Gasteiger partial charge is 0.337 e. The summed E-state index contributed by atoms with van der Waals surface area (Å²) < 4.78 is 6.10. The lowest BCUT2D eigenvalue weighted by Gasteiger charge is -2.16. The third kappa shape index (κ3) is 3.16. The minimum atomic E-state index is -0.593. The number of aromatic amines is 1. The first kappa shape index (κ1) is 17.9. The molecule has 1 aromatic heterocycles. The number of hydrogen-bond donors (Lipinski definition) is 3. The van der Waals surface area contributed by atoms with Crippen LogP contribution in [0.3, 0.4) is 0 Å². The summed E-state index contributed by atoms with van der Waals surface area (Å²) >= 11 is 6.94. The zero-order valence-electron chi connectivity index (χ0n) is 13.1. The number of β-amino-alcohol motifs (C(OH)–C–C–N with tert-alkyl or cyclic N) is 1. The van der Waals surface area contributed by atoms with Crippen molar-refractivity contribution < 1.29 is 19.4 Å². The zero-order chi connectivity index (χ0) is 18.1. The third-order valence-corrected chi connectivity index (χ3v) is 5.21. The van der Waals surface area contributed by atoms with Crippen molar-refractivity contribution in [3.63, 3.8) is 0 Å². The maximum Gasteiger partial charge on any atom is 0.337 e. The van der Waals surface area contributed by atoms with Crippen molar-refractivity contribution >= 4 is 60.5 Å². The normalized spacial score (nSPS) is 14.6. The Labute approximate surface area is 159 Å². The van der Waals surface area contributed by atoms with Gasteiger partial charge >= 0.3 is 5.97 Å². The molecule has 1 aliphatic rings. The van der Waals surface area contributed by atoms with Crippen molar-refractivity contribution in [1.82, 2.24) is 14.9 Å². The molecule has 0 saturated heterocycles. The van der Waals surface area contributed by atoms with Gasteiger partial charge in [0.25, 0.3) is 5.91 Å². The second-order valence-electron chi connectivity index (χ2n) is 5.27. The molecular formula is C15H14Br2N4O4. The number of methoxy groups -OCH3 is 1. The Morgan fingerprint density at radius 1 is 1.52 bits per heavy atom. The van der Waals surface area contributed by atoms with Crippen LogP contribution in [-0.2, 0) is 14.3 Å². The summed E-state index contributed by atoms with van der Waals surface area (Å²) in [6.07, 6.45) is 1.56. The molecule has 0 saturated carbocycles. The second kappa shape index (κ2) is 7.14. The first-order valence-electron chi connectivity index (χ1n) is 7.27. The number of ether oxygens (including phenoxy) is 1. The topological polar surface area (TPSA) is 108 Å². The molecule has 1 aliphatic heterocycles. The fourth-order valence-corrected chi connectivity index (χ4v) is 4.02. The molecule has 0 aliphatic carbocycles. The Morgan fingerprint density at radius 2 is 2.28 bits per heavy atom. The summed E-state index contributed by atoms with van der Waals surface area (Å²) in [6.45, 7) is 0.0135. The van der Waals surface area contributed by atoms with Gasteiger partial charge in [-0.2, -0.15) is 0 Å². The number of aromatic nitrogens is 2. The van der Waals surface area contributed by atoms with Crippen LogP contribution >= 0.6 is 31.9 Å². The van der Waals surface area contributed by atoms with Gasteiger partial charge in [0, 0.05) is 11.0 Å². The van der Waals surface area contributed by atoms with E-state index in [1.165, 1.54) is 12.0 Å². The van der Waals surface area contributed by atoms with Crippen molar-refractivity contribution in [2.24, 2.45) is 0 Å². The molecule has 132 valence electrons. The van der Waals surface area contributed by atoms with E-state index in [9.17, 15) is 9.59 Å². The van der Waals surface area contributed by atoms with Gasteiger partial charge in [0.1, 0.15) is 11.2 Å². The Morgan fingerprint density at radius 3 is 2.96 bits per heavy atom. The number of aliphatic hydroxyl groups excluding tert-OH is 1. The number of fused-ring (bicyclic) bond motifs is 1. The lowest BCUT2D eigenvalue weighted by Crippen LogP contribution is -2.31. The molecule has 1 amide bonds. The maximum atomic E-state index is 12.6. The number of rotatable bonds is 5. The van der Waals surface area contributed by atoms with Crippen LogP contribution in [0.15, 0.2) is 32.6 Å². The van der Waals surface area contributed by atoms with Crippen molar-refractivity contribution in [3.05, 3.63) is 32.6 Å². The number of esters is 1. The summed E-state index contributed by atoms with van der Waals surface area (Å²) in [5.41, 5.74) is 2.39. The predicted octanol–water partition coefficient (Wildman–Crippen LogP) is 1.76. The summed E-state index contributed by atoms with van der Waals surface area (Å²) in [7, 11) is 1.26. The van der Waals surface area contributed by atoms with Gasteiger partial charge in [-0.1, -0.05) is 0 Å². The van der Waals surface area contributed by atoms with Gasteiger partial charge in [-0.25, -0.2) is 9.78 Å². The van der Waals surface area contributed by atoms with Crippen molar-refractivity contribution in [3.8, 4) is 0 Å². The number of hydrogen-bond acceptors (Lipinski definition) is 6. The van der Waals surface area contributed by atoms with Crippen LogP contribution < -0.4 is 5.32 Å². The van der Waals surface area contributed by atoms with E-state index in [1.54, 1.807) is 6.33 Å². The Balaban J connectivity index is 2.04. The van der Waals surface area contributed by atoms with Crippen molar-refractivity contribution in [2.45, 2.75) is 0 Å². The highest BCUT2D eigenvalue weighted by atomic mass is 79.9. The fourth-order valence-electron chi connectivity index (χ4n) is 2.60. The monoisotopic (exact) mass is 472 g/mol. The minimum Gasteiger partial charge on any atom is -0.466 e. The van der Waals surface area contributed by atoms with E-state index in [0.29, 0.717) is 20.1 Å². The molecule has 0 bridgehead atoms. The number of nitrogens with one attached hydrogen (secondary N) is 2. The van der Waals surface area contributed by atoms with Crippen LogP contribution in [-0.4, -0.2) is 58.7 Å². The van der Waals surface area contributed by atoms with E-state index in [0.717, 1.165) is 5.52 Å². The highest BCUT2D eigenvalue weighted by Gasteiger charge is 2.35. The number of amides is 1. The number of H-pyrrole nitrogens is 1. The Hall–Kier alpha value is -1.91. The predicted molar refractivity (Wildman–Crippen MR) is 97.8 cm³/mol. The van der Waals surface area contributed by atoms with Crippen LogP contribution in [0.5, 0.6) is 0 Å². The van der Waals surface area contributed by atoms with Crippen LogP contribution in [0.1, 0.15) is 0 Å². The fraction of sp³-hybridized carbons (Fsp3) is 0.267. The summed E-state index contributed by atoms with van der Waals surface area (Å²) in [4.78, 5) is 33.3. The zero-order valence-corrected chi connectivity index (χ0v) is 16.3. The van der Waals surface area contributed by atoms with Gasteiger partial charge in [-0.15, -0.1) is 0 Å². The maximum absolute atomic E-state index is 12.6. The second-order valence-corrected chi connectivity index (χ2v) is 6.91. The van der Waals surface area contributed by atoms with Crippen LogP contribution in [0.25, 0.3) is 11.0 Å². The molecule has 0 fully saturated rings. The average Bonchev–Trinajstić information content (AvgIpc) is 3.17.